The third-order valence-corrected chi connectivity index (χ3v) is 7.34. The lowest BCUT2D eigenvalue weighted by Gasteiger charge is -2.14. The minimum atomic E-state index is -0.423. The van der Waals surface area contributed by atoms with Crippen LogP contribution in [0.25, 0.3) is 6.08 Å². The largest absolute Gasteiger partial charge is 0.493 e. The van der Waals surface area contributed by atoms with Crippen LogP contribution in [-0.2, 0) is 17.9 Å². The molecule has 0 aromatic heterocycles. The molecule has 0 aliphatic carbocycles. The van der Waals surface area contributed by atoms with Gasteiger partial charge in [-0.05, 0) is 59.8 Å². The summed E-state index contributed by atoms with van der Waals surface area (Å²) >= 11 is 25.4. The Morgan fingerprint density at radius 2 is 1.66 bits per heavy atom. The number of rotatable bonds is 7. The van der Waals surface area contributed by atoms with E-state index in [9.17, 15) is 9.59 Å². The summed E-state index contributed by atoms with van der Waals surface area (Å²) in [5, 5.41) is 1.42. The summed E-state index contributed by atoms with van der Waals surface area (Å²) in [4.78, 5) is 26.9. The molecule has 0 bridgehead atoms. The monoisotopic (exact) mass is 567 g/mol. The standard InChI is InChI=1S/C25H17Cl4NO4S/c1-33-22-9-14(5-8-21(22)34-13-15-6-7-16(26)11-20(15)29)10-23-24(31)30(25(32)35-23)12-17-18(27)3-2-4-19(17)28/h2-11H,12-13H2,1H3/b23-10-. The Hall–Kier alpha value is -2.35. The van der Waals surface area contributed by atoms with E-state index in [1.165, 1.54) is 7.11 Å². The van der Waals surface area contributed by atoms with Crippen LogP contribution in [0.2, 0.25) is 20.1 Å². The van der Waals surface area contributed by atoms with Crippen LogP contribution in [0, 0.1) is 0 Å². The Balaban J connectivity index is 1.51. The van der Waals surface area contributed by atoms with Gasteiger partial charge in [-0.25, -0.2) is 0 Å². The summed E-state index contributed by atoms with van der Waals surface area (Å²) in [6, 6.07) is 15.4. The molecule has 10 heteroatoms. The van der Waals surface area contributed by atoms with Crippen LogP contribution in [0.3, 0.4) is 0 Å². The third kappa shape index (κ3) is 5.90. The van der Waals surface area contributed by atoms with Crippen LogP contribution in [-0.4, -0.2) is 23.2 Å². The van der Waals surface area contributed by atoms with Crippen LogP contribution >= 0.6 is 58.2 Å². The van der Waals surface area contributed by atoms with E-state index in [0.717, 1.165) is 22.2 Å². The van der Waals surface area contributed by atoms with Crippen LogP contribution < -0.4 is 9.47 Å². The molecule has 3 aromatic rings. The summed E-state index contributed by atoms with van der Waals surface area (Å²) in [7, 11) is 1.52. The fraction of sp³-hybridized carbons (Fsp3) is 0.120. The molecule has 35 heavy (non-hydrogen) atoms. The Labute approximate surface area is 226 Å². The van der Waals surface area contributed by atoms with Crippen LogP contribution in [0.4, 0.5) is 4.79 Å². The molecule has 1 aliphatic heterocycles. The molecule has 0 N–H and O–H groups in total. The molecule has 0 radical (unpaired) electrons. The molecule has 180 valence electrons. The van der Waals surface area contributed by atoms with E-state index < -0.39 is 11.1 Å². The predicted octanol–water partition coefficient (Wildman–Crippen LogP) is 8.12. The smallest absolute Gasteiger partial charge is 0.293 e. The zero-order chi connectivity index (χ0) is 25.1. The van der Waals surface area contributed by atoms with Gasteiger partial charge in [-0.2, -0.15) is 0 Å². The predicted molar refractivity (Wildman–Crippen MR) is 142 cm³/mol. The molecular formula is C25H17Cl4NO4S. The average Bonchev–Trinajstić information content (AvgIpc) is 3.08. The normalized spacial score (nSPS) is 14.7. The van der Waals surface area contributed by atoms with Gasteiger partial charge in [-0.1, -0.05) is 64.6 Å². The number of benzene rings is 3. The first kappa shape index (κ1) is 25.7. The fourth-order valence-corrected chi connectivity index (χ4v) is 5.13. The number of nitrogens with zero attached hydrogens (tertiary/aromatic N) is 1. The minimum Gasteiger partial charge on any atom is -0.493 e. The molecular weight excluding hydrogens is 552 g/mol. The highest BCUT2D eigenvalue weighted by Crippen LogP contribution is 2.37. The maximum atomic E-state index is 12.9. The fourth-order valence-electron chi connectivity index (χ4n) is 3.32. The Kier molecular flexibility index (Phi) is 8.19. The number of carbonyl (C=O) groups excluding carboxylic acids is 2. The first-order valence-corrected chi connectivity index (χ1v) is 12.5. The third-order valence-electron chi connectivity index (χ3n) is 5.14. The second-order valence-electron chi connectivity index (χ2n) is 7.40. The van der Waals surface area contributed by atoms with Crippen molar-refractivity contribution in [1.82, 2.24) is 4.90 Å². The average molecular weight is 569 g/mol. The number of ether oxygens (including phenoxy) is 2. The SMILES string of the molecule is COc1cc(/C=C2\SC(=O)N(Cc3c(Cl)cccc3Cl)C2=O)ccc1OCc1ccc(Cl)cc1Cl. The van der Waals surface area contributed by atoms with Crippen molar-refractivity contribution in [1.29, 1.82) is 0 Å². The van der Waals surface area contributed by atoms with Gasteiger partial charge < -0.3 is 9.47 Å². The molecule has 0 atom stereocenters. The van der Waals surface area contributed by atoms with Gasteiger partial charge in [0.1, 0.15) is 6.61 Å². The molecule has 5 nitrogen and oxygen atoms in total. The van der Waals surface area contributed by atoms with Crippen molar-refractivity contribution >= 4 is 75.4 Å². The van der Waals surface area contributed by atoms with Crippen molar-refractivity contribution in [3.63, 3.8) is 0 Å². The molecule has 0 spiro atoms. The lowest BCUT2D eigenvalue weighted by molar-refractivity contribution is -0.123. The first-order chi connectivity index (χ1) is 16.8. The number of amides is 2. The van der Waals surface area contributed by atoms with E-state index in [4.69, 9.17) is 55.9 Å². The van der Waals surface area contributed by atoms with E-state index in [0.29, 0.717) is 42.7 Å². The van der Waals surface area contributed by atoms with Gasteiger partial charge in [0.2, 0.25) is 0 Å². The number of carbonyl (C=O) groups is 2. The molecule has 3 aromatic carbocycles. The highest BCUT2D eigenvalue weighted by atomic mass is 35.5. The van der Waals surface area contributed by atoms with E-state index >= 15 is 0 Å². The Morgan fingerprint density at radius 3 is 2.34 bits per heavy atom. The topological polar surface area (TPSA) is 55.8 Å². The molecule has 0 saturated carbocycles. The summed E-state index contributed by atoms with van der Waals surface area (Å²) in [6.07, 6.45) is 1.63. The summed E-state index contributed by atoms with van der Waals surface area (Å²) in [6.45, 7) is 0.207. The number of imide groups is 1. The van der Waals surface area contributed by atoms with E-state index in [1.807, 2.05) is 0 Å². The van der Waals surface area contributed by atoms with Gasteiger partial charge in [-0.3, -0.25) is 14.5 Å². The van der Waals surface area contributed by atoms with Crippen molar-refractivity contribution in [2.24, 2.45) is 0 Å². The van der Waals surface area contributed by atoms with E-state index in [-0.39, 0.29) is 18.1 Å². The molecule has 4 rings (SSSR count). The zero-order valence-corrected chi connectivity index (χ0v) is 22.0. The van der Waals surface area contributed by atoms with Crippen molar-refractivity contribution < 1.29 is 19.1 Å². The van der Waals surface area contributed by atoms with Gasteiger partial charge in [0.25, 0.3) is 11.1 Å². The van der Waals surface area contributed by atoms with Crippen molar-refractivity contribution in [3.05, 3.63) is 96.3 Å². The number of hydrogen-bond acceptors (Lipinski definition) is 5. The van der Waals surface area contributed by atoms with Gasteiger partial charge in [0.05, 0.1) is 18.6 Å². The van der Waals surface area contributed by atoms with E-state index in [1.54, 1.807) is 60.7 Å². The molecule has 1 aliphatic rings. The second-order valence-corrected chi connectivity index (χ2v) is 10.1. The van der Waals surface area contributed by atoms with Gasteiger partial charge in [-0.15, -0.1) is 0 Å². The molecule has 2 amide bonds. The first-order valence-electron chi connectivity index (χ1n) is 10.2. The zero-order valence-electron chi connectivity index (χ0n) is 18.2. The number of thioether (sulfide) groups is 1. The molecule has 1 heterocycles. The van der Waals surface area contributed by atoms with Crippen LogP contribution in [0.15, 0.2) is 59.5 Å². The highest BCUT2D eigenvalue weighted by molar-refractivity contribution is 8.18. The minimum absolute atomic E-state index is 0.0100. The summed E-state index contributed by atoms with van der Waals surface area (Å²) < 4.78 is 11.3. The van der Waals surface area contributed by atoms with Crippen LogP contribution in [0.5, 0.6) is 11.5 Å². The van der Waals surface area contributed by atoms with Crippen molar-refractivity contribution in [3.8, 4) is 11.5 Å². The Bertz CT molecular complexity index is 1320. The van der Waals surface area contributed by atoms with Crippen LogP contribution in [0.1, 0.15) is 16.7 Å². The summed E-state index contributed by atoms with van der Waals surface area (Å²) in [5.41, 5.74) is 1.96. The van der Waals surface area contributed by atoms with Crippen molar-refractivity contribution in [2.45, 2.75) is 13.2 Å². The summed E-state index contributed by atoms with van der Waals surface area (Å²) in [5.74, 6) is 0.538. The van der Waals surface area contributed by atoms with E-state index in [2.05, 4.69) is 0 Å². The lowest BCUT2D eigenvalue weighted by atomic mass is 10.1. The number of halogens is 4. The quantitative estimate of drug-likeness (QED) is 0.269. The molecule has 1 fully saturated rings. The van der Waals surface area contributed by atoms with Gasteiger partial charge in [0.15, 0.2) is 11.5 Å². The molecule has 1 saturated heterocycles. The van der Waals surface area contributed by atoms with Gasteiger partial charge in [0, 0.05) is 31.2 Å². The second kappa shape index (κ2) is 11.1. The van der Waals surface area contributed by atoms with Gasteiger partial charge >= 0.3 is 0 Å². The Morgan fingerprint density at radius 1 is 0.914 bits per heavy atom. The number of hydrogen-bond donors (Lipinski definition) is 0. The maximum absolute atomic E-state index is 12.9. The molecule has 0 unspecified atom stereocenters. The lowest BCUT2D eigenvalue weighted by Crippen LogP contribution is -2.27. The maximum Gasteiger partial charge on any atom is 0.293 e. The number of methoxy groups -OCH3 is 1. The van der Waals surface area contributed by atoms with Crippen molar-refractivity contribution in [2.75, 3.05) is 7.11 Å². The highest BCUT2D eigenvalue weighted by Gasteiger charge is 2.35.